The van der Waals surface area contributed by atoms with Gasteiger partial charge in [-0.05, 0) is 110 Å². The maximum Gasteiger partial charge on any atom is 0.312 e. The zero-order chi connectivity index (χ0) is 26.5. The number of hydrogen-bond acceptors (Lipinski definition) is 5. The lowest BCUT2D eigenvalue weighted by atomic mass is 9.35. The first-order valence-corrected chi connectivity index (χ1v) is 13.4. The van der Waals surface area contributed by atoms with Crippen LogP contribution < -0.4 is 0 Å². The highest BCUT2D eigenvalue weighted by atomic mass is 16.5. The molecule has 0 saturated heterocycles. The molecule has 0 aromatic heterocycles. The number of fused-ring (bicyclic) bond motifs is 7. The fraction of sp³-hybridized carbons (Fsp3) is 0.677. The number of methoxy groups -OCH3 is 1. The second kappa shape index (κ2) is 7.53. The Hall–Kier alpha value is -2.48. The number of carbonyl (C=O) groups is 3. The molecule has 0 heterocycles. The zero-order valence-electron chi connectivity index (χ0n) is 22.8. The average molecular weight is 490 g/mol. The molecule has 0 spiro atoms. The van der Waals surface area contributed by atoms with Gasteiger partial charge in [0.2, 0.25) is 0 Å². The van der Waals surface area contributed by atoms with Crippen molar-refractivity contribution in [3.05, 3.63) is 34.4 Å². The second-order valence-electron chi connectivity index (χ2n) is 13.6. The summed E-state index contributed by atoms with van der Waals surface area (Å²) >= 11 is 0. The first kappa shape index (κ1) is 25.2. The van der Waals surface area contributed by atoms with Crippen LogP contribution in [-0.2, 0) is 19.1 Å². The third-order valence-corrected chi connectivity index (χ3v) is 11.6. The van der Waals surface area contributed by atoms with Gasteiger partial charge >= 0.3 is 5.97 Å². The highest BCUT2D eigenvalue weighted by Crippen LogP contribution is 2.73. The van der Waals surface area contributed by atoms with E-state index in [2.05, 4.69) is 40.7 Å². The SMILES string of the molecule is COC(=O)C12CCC(C)(C)CC1C1C(=O)C=C3C4(C)C=C(C#N)C(=O)C(C)=C4CCC3(C)C1(C)CC2. The fourth-order valence-corrected chi connectivity index (χ4v) is 9.32. The van der Waals surface area contributed by atoms with Crippen molar-refractivity contribution >= 4 is 17.5 Å². The number of hydrogen-bond donors (Lipinski definition) is 0. The van der Waals surface area contributed by atoms with E-state index in [1.54, 1.807) is 0 Å². The molecule has 0 aromatic carbocycles. The number of nitriles is 1. The summed E-state index contributed by atoms with van der Waals surface area (Å²) in [7, 11) is 1.48. The molecule has 192 valence electrons. The highest BCUT2D eigenvalue weighted by molar-refractivity contribution is 6.12. The summed E-state index contributed by atoms with van der Waals surface area (Å²) in [6.45, 7) is 13.0. The lowest BCUT2D eigenvalue weighted by Gasteiger charge is -2.67. The van der Waals surface area contributed by atoms with Gasteiger partial charge in [0, 0.05) is 11.3 Å². The summed E-state index contributed by atoms with van der Waals surface area (Å²) in [5.74, 6) is -0.547. The summed E-state index contributed by atoms with van der Waals surface area (Å²) < 4.78 is 5.39. The summed E-state index contributed by atoms with van der Waals surface area (Å²) in [4.78, 5) is 40.4. The molecule has 0 aliphatic heterocycles. The Kier molecular flexibility index (Phi) is 5.26. The topological polar surface area (TPSA) is 84.2 Å². The molecule has 5 aliphatic carbocycles. The number of carbonyl (C=O) groups excluding carboxylic acids is 3. The maximum atomic E-state index is 14.3. The van der Waals surface area contributed by atoms with Gasteiger partial charge in [-0.25, -0.2) is 0 Å². The number of rotatable bonds is 1. The molecular weight excluding hydrogens is 450 g/mol. The molecule has 3 fully saturated rings. The lowest BCUT2D eigenvalue weighted by molar-refractivity contribution is -0.188. The van der Waals surface area contributed by atoms with Gasteiger partial charge in [0.15, 0.2) is 11.6 Å². The van der Waals surface area contributed by atoms with Gasteiger partial charge in [-0.15, -0.1) is 0 Å². The average Bonchev–Trinajstić information content (AvgIpc) is 2.82. The van der Waals surface area contributed by atoms with Crippen LogP contribution in [-0.4, -0.2) is 24.6 Å². The second-order valence-corrected chi connectivity index (χ2v) is 13.6. The minimum absolute atomic E-state index is 0.0563. The number of ether oxygens (including phenoxy) is 1. The van der Waals surface area contributed by atoms with Crippen molar-refractivity contribution in [3.63, 3.8) is 0 Å². The van der Waals surface area contributed by atoms with E-state index in [9.17, 15) is 19.6 Å². The first-order valence-electron chi connectivity index (χ1n) is 13.4. The third-order valence-electron chi connectivity index (χ3n) is 11.6. The highest BCUT2D eigenvalue weighted by Gasteiger charge is 2.69. The molecule has 5 rings (SSSR count). The van der Waals surface area contributed by atoms with E-state index < -0.39 is 10.8 Å². The van der Waals surface area contributed by atoms with E-state index in [4.69, 9.17) is 4.74 Å². The molecule has 0 amide bonds. The van der Waals surface area contributed by atoms with Gasteiger partial charge in [-0.2, -0.15) is 5.26 Å². The summed E-state index contributed by atoms with van der Waals surface area (Å²) in [6.07, 6.45) is 9.38. The van der Waals surface area contributed by atoms with Crippen LogP contribution in [0.5, 0.6) is 0 Å². The number of Topliss-reactive ketones (excluding diaryl/α,β-unsaturated/α-hetero) is 1. The van der Waals surface area contributed by atoms with Gasteiger partial charge in [0.25, 0.3) is 0 Å². The van der Waals surface area contributed by atoms with Crippen molar-refractivity contribution in [2.45, 2.75) is 86.5 Å². The van der Waals surface area contributed by atoms with Crippen LogP contribution >= 0.6 is 0 Å². The minimum atomic E-state index is -0.623. The zero-order valence-corrected chi connectivity index (χ0v) is 22.8. The van der Waals surface area contributed by atoms with Gasteiger partial charge in [-0.1, -0.05) is 27.7 Å². The van der Waals surface area contributed by atoms with E-state index in [1.807, 2.05) is 19.1 Å². The standard InChI is InChI=1S/C31H39NO4/c1-18-20-8-9-29(5)23(28(20,4)15-19(17-32)25(18)34)14-22(33)24-21-16-27(2,3)10-12-31(21,26(35)36-7)13-11-30(24,29)6/h14-15,21,24H,8-13,16H2,1-7H3. The Bertz CT molecular complexity index is 1230. The largest absolute Gasteiger partial charge is 0.469 e. The van der Waals surface area contributed by atoms with Crippen molar-refractivity contribution in [2.75, 3.05) is 7.11 Å². The van der Waals surface area contributed by atoms with Crippen LogP contribution in [0.15, 0.2) is 34.4 Å². The first-order chi connectivity index (χ1) is 16.7. The number of esters is 1. The number of nitrogens with zero attached hydrogens (tertiary/aromatic N) is 1. The van der Waals surface area contributed by atoms with E-state index in [0.29, 0.717) is 5.57 Å². The van der Waals surface area contributed by atoms with Crippen LogP contribution in [0.25, 0.3) is 0 Å². The van der Waals surface area contributed by atoms with Crippen molar-refractivity contribution in [2.24, 2.45) is 38.9 Å². The molecule has 3 saturated carbocycles. The van der Waals surface area contributed by atoms with Gasteiger partial charge in [-0.3, -0.25) is 14.4 Å². The predicted molar refractivity (Wildman–Crippen MR) is 136 cm³/mol. The normalized spacial score (nSPS) is 43.2. The fourth-order valence-electron chi connectivity index (χ4n) is 9.32. The summed E-state index contributed by atoms with van der Waals surface area (Å²) in [5, 5.41) is 9.72. The van der Waals surface area contributed by atoms with E-state index in [-0.39, 0.29) is 51.2 Å². The monoisotopic (exact) mass is 489 g/mol. The molecule has 5 nitrogen and oxygen atoms in total. The van der Waals surface area contributed by atoms with Crippen LogP contribution in [0.4, 0.5) is 0 Å². The van der Waals surface area contributed by atoms with Gasteiger partial charge < -0.3 is 4.74 Å². The van der Waals surface area contributed by atoms with E-state index in [1.165, 1.54) is 7.11 Å². The van der Waals surface area contributed by atoms with E-state index in [0.717, 1.165) is 56.1 Å². The molecule has 5 heteroatoms. The minimum Gasteiger partial charge on any atom is -0.469 e. The molecular formula is C31H39NO4. The van der Waals surface area contributed by atoms with Crippen molar-refractivity contribution in [1.29, 1.82) is 5.26 Å². The lowest BCUT2D eigenvalue weighted by Crippen LogP contribution is -2.64. The predicted octanol–water partition coefficient (Wildman–Crippen LogP) is 6.05. The summed E-state index contributed by atoms with van der Waals surface area (Å²) in [5.41, 5.74) is 1.14. The number of ketones is 2. The van der Waals surface area contributed by atoms with Crippen LogP contribution in [0.1, 0.15) is 86.5 Å². The Morgan fingerprint density at radius 2 is 1.72 bits per heavy atom. The van der Waals surface area contributed by atoms with Gasteiger partial charge in [0.05, 0.1) is 18.1 Å². The Morgan fingerprint density at radius 1 is 1.06 bits per heavy atom. The van der Waals surface area contributed by atoms with Crippen molar-refractivity contribution < 1.29 is 19.1 Å². The Balaban J connectivity index is 1.71. The van der Waals surface area contributed by atoms with Crippen LogP contribution in [0, 0.1) is 50.2 Å². The quantitative estimate of drug-likeness (QED) is 0.419. The number of allylic oxidation sites excluding steroid dienone is 6. The molecule has 0 aromatic rings. The molecule has 5 aliphatic rings. The molecule has 36 heavy (non-hydrogen) atoms. The van der Waals surface area contributed by atoms with Crippen LogP contribution in [0.3, 0.4) is 0 Å². The summed E-state index contributed by atoms with van der Waals surface area (Å²) in [6, 6.07) is 2.11. The molecule has 0 N–H and O–H groups in total. The maximum absolute atomic E-state index is 14.3. The van der Waals surface area contributed by atoms with Crippen molar-refractivity contribution in [1.82, 2.24) is 0 Å². The molecule has 0 bridgehead atoms. The Morgan fingerprint density at radius 3 is 2.36 bits per heavy atom. The smallest absolute Gasteiger partial charge is 0.312 e. The Labute approximate surface area is 215 Å². The molecule has 6 atom stereocenters. The third kappa shape index (κ3) is 2.91. The van der Waals surface area contributed by atoms with Gasteiger partial charge in [0.1, 0.15) is 6.07 Å². The molecule has 6 unspecified atom stereocenters. The van der Waals surface area contributed by atoms with Crippen molar-refractivity contribution in [3.8, 4) is 6.07 Å². The van der Waals surface area contributed by atoms with E-state index >= 15 is 0 Å². The molecule has 0 radical (unpaired) electrons. The van der Waals surface area contributed by atoms with Crippen LogP contribution in [0.2, 0.25) is 0 Å².